The lowest BCUT2D eigenvalue weighted by atomic mass is 9.56. The van der Waals surface area contributed by atoms with Gasteiger partial charge in [0, 0.05) is 25.5 Å². The number of fused-ring (bicyclic) bond motifs is 1. The van der Waals surface area contributed by atoms with Gasteiger partial charge in [-0.05, 0) is 73.6 Å². The summed E-state index contributed by atoms with van der Waals surface area (Å²) in [7, 11) is 2.00. The van der Waals surface area contributed by atoms with Gasteiger partial charge in [0.25, 0.3) is 12.0 Å². The van der Waals surface area contributed by atoms with Gasteiger partial charge in [0.05, 0.1) is 23.5 Å². The zero-order valence-corrected chi connectivity index (χ0v) is 18.6. The first-order chi connectivity index (χ1) is 15.3. The Bertz CT molecular complexity index is 1190. The molecule has 2 aliphatic rings. The Hall–Kier alpha value is -2.61. The van der Waals surface area contributed by atoms with Crippen LogP contribution < -0.4 is 5.56 Å². The summed E-state index contributed by atoms with van der Waals surface area (Å²) in [6.07, 6.45) is 5.39. The molecule has 0 radical (unpaired) electrons. The highest BCUT2D eigenvalue weighted by atomic mass is 19.3. The number of aryl methyl sites for hydroxylation is 3. The molecule has 0 atom stereocenters. The van der Waals surface area contributed by atoms with E-state index in [4.69, 9.17) is 0 Å². The highest BCUT2D eigenvalue weighted by Crippen LogP contribution is 2.53. The molecule has 6 nitrogen and oxygen atoms in total. The van der Waals surface area contributed by atoms with Crippen LogP contribution in [-0.4, -0.2) is 44.5 Å². The molecule has 1 N–H and O–H groups in total. The zero-order valence-electron chi connectivity index (χ0n) is 18.6. The highest BCUT2D eigenvalue weighted by Gasteiger charge is 2.51. The van der Waals surface area contributed by atoms with Crippen molar-refractivity contribution in [2.75, 3.05) is 19.6 Å². The number of H-pyrrole nitrogens is 1. The van der Waals surface area contributed by atoms with Crippen LogP contribution in [0.4, 0.5) is 8.78 Å². The fourth-order valence-electron chi connectivity index (χ4n) is 6.04. The molecule has 32 heavy (non-hydrogen) atoms. The van der Waals surface area contributed by atoms with Crippen LogP contribution in [0.15, 0.2) is 29.3 Å². The number of nitrogens with zero attached hydrogens (tertiary/aromatic N) is 4. The summed E-state index contributed by atoms with van der Waals surface area (Å²) in [5.41, 5.74) is 3.62. The van der Waals surface area contributed by atoms with Crippen molar-refractivity contribution in [3.8, 4) is 0 Å². The number of halogens is 2. The zero-order chi connectivity index (χ0) is 22.5. The molecular formula is C24H29F2N5O. The number of benzene rings is 1. The van der Waals surface area contributed by atoms with E-state index in [0.29, 0.717) is 17.4 Å². The van der Waals surface area contributed by atoms with Crippen LogP contribution in [0, 0.1) is 18.3 Å². The second-order valence-corrected chi connectivity index (χ2v) is 9.79. The molecule has 0 bridgehead atoms. The maximum Gasteiger partial charge on any atom is 0.273 e. The molecule has 5 rings (SSSR count). The van der Waals surface area contributed by atoms with Crippen LogP contribution in [0.3, 0.4) is 0 Å². The van der Waals surface area contributed by atoms with E-state index in [-0.39, 0.29) is 0 Å². The predicted molar refractivity (Wildman–Crippen MR) is 119 cm³/mol. The van der Waals surface area contributed by atoms with E-state index >= 15 is 0 Å². The Balaban J connectivity index is 1.09. The van der Waals surface area contributed by atoms with Crippen LogP contribution in [0.5, 0.6) is 0 Å². The number of likely N-dealkylation sites (tertiary alicyclic amines) is 1. The maximum atomic E-state index is 13.1. The third kappa shape index (κ3) is 3.74. The second-order valence-electron chi connectivity index (χ2n) is 9.79. The summed E-state index contributed by atoms with van der Waals surface area (Å²) in [5, 5.41) is 11.4. The van der Waals surface area contributed by atoms with E-state index < -0.39 is 17.5 Å². The Morgan fingerprint density at radius 3 is 2.75 bits per heavy atom. The minimum atomic E-state index is -2.77. The molecule has 2 aromatic heterocycles. The van der Waals surface area contributed by atoms with E-state index in [1.54, 1.807) is 0 Å². The maximum absolute atomic E-state index is 13.1. The van der Waals surface area contributed by atoms with E-state index in [1.165, 1.54) is 41.1 Å². The molecule has 8 heteroatoms. The molecule has 1 aliphatic heterocycles. The van der Waals surface area contributed by atoms with Gasteiger partial charge in [0.1, 0.15) is 0 Å². The Labute approximate surface area is 185 Å². The summed E-state index contributed by atoms with van der Waals surface area (Å²) in [4.78, 5) is 14.0. The first-order valence-corrected chi connectivity index (χ1v) is 11.3. The molecule has 1 spiro atoms. The van der Waals surface area contributed by atoms with Crippen LogP contribution in [0.1, 0.15) is 47.9 Å². The SMILES string of the molecule is Cc1c(CC2CC3(C2)CN(CCCc2cn[nH]c(=O)c2C(F)F)C3)ccc2cnn(C)c12. The lowest BCUT2D eigenvalue weighted by molar-refractivity contribution is -0.0937. The average Bonchev–Trinajstić information content (AvgIpc) is 3.07. The fraction of sp³-hybridized carbons (Fsp3) is 0.542. The summed E-state index contributed by atoms with van der Waals surface area (Å²) in [6.45, 7) is 5.27. The lowest BCUT2D eigenvalue weighted by Gasteiger charge is -2.59. The molecular weight excluding hydrogens is 412 g/mol. The molecule has 3 heterocycles. The quantitative estimate of drug-likeness (QED) is 0.606. The van der Waals surface area contributed by atoms with Gasteiger partial charge in [-0.25, -0.2) is 13.9 Å². The molecule has 1 aliphatic carbocycles. The molecule has 0 unspecified atom stereocenters. The molecule has 0 amide bonds. The monoisotopic (exact) mass is 441 g/mol. The van der Waals surface area contributed by atoms with Crippen molar-refractivity contribution < 1.29 is 8.78 Å². The highest BCUT2D eigenvalue weighted by molar-refractivity contribution is 5.82. The van der Waals surface area contributed by atoms with Crippen molar-refractivity contribution in [3.63, 3.8) is 0 Å². The number of nitrogens with one attached hydrogen (secondary N) is 1. The van der Waals surface area contributed by atoms with Gasteiger partial charge in [-0.3, -0.25) is 9.48 Å². The van der Waals surface area contributed by atoms with Crippen molar-refractivity contribution in [1.29, 1.82) is 0 Å². The number of alkyl halides is 2. The number of hydrogen-bond acceptors (Lipinski definition) is 4. The molecule has 1 saturated heterocycles. The predicted octanol–water partition coefficient (Wildman–Crippen LogP) is 3.79. The Morgan fingerprint density at radius 2 is 2.00 bits per heavy atom. The number of aromatic amines is 1. The third-order valence-electron chi connectivity index (χ3n) is 7.45. The second kappa shape index (κ2) is 8.06. The molecule has 1 saturated carbocycles. The molecule has 3 aromatic rings. The standard InChI is InChI=1S/C24H29F2N5O/c1-15-17(5-6-19-12-28-30(2)21(15)19)8-16-9-24(10-16)13-31(14-24)7-3-4-18-11-27-29-23(32)20(18)22(25)26/h5-6,11-12,16,22H,3-4,7-10,13-14H2,1-2H3,(H,29,32). The summed E-state index contributed by atoms with van der Waals surface area (Å²) in [5.74, 6) is 0.734. The number of rotatable bonds is 7. The average molecular weight is 442 g/mol. The number of hydrogen-bond donors (Lipinski definition) is 1. The van der Waals surface area contributed by atoms with Crippen molar-refractivity contribution in [3.05, 3.63) is 57.1 Å². The molecule has 1 aromatic carbocycles. The molecule has 2 fully saturated rings. The van der Waals surface area contributed by atoms with Crippen LogP contribution >= 0.6 is 0 Å². The minimum Gasteiger partial charge on any atom is -0.302 e. The van der Waals surface area contributed by atoms with E-state index in [1.807, 2.05) is 17.9 Å². The normalized spacial score (nSPS) is 18.4. The van der Waals surface area contributed by atoms with Gasteiger partial charge in [0.15, 0.2) is 0 Å². The first-order valence-electron chi connectivity index (χ1n) is 11.3. The Kier molecular flexibility index (Phi) is 5.35. The largest absolute Gasteiger partial charge is 0.302 e. The Morgan fingerprint density at radius 1 is 1.22 bits per heavy atom. The van der Waals surface area contributed by atoms with Crippen LogP contribution in [-0.2, 0) is 19.9 Å². The molecule has 170 valence electrons. The van der Waals surface area contributed by atoms with Gasteiger partial charge in [-0.2, -0.15) is 10.2 Å². The third-order valence-corrected chi connectivity index (χ3v) is 7.45. The topological polar surface area (TPSA) is 66.8 Å². The van der Waals surface area contributed by atoms with E-state index in [0.717, 1.165) is 38.4 Å². The minimum absolute atomic E-state index is 0.364. The lowest BCUT2D eigenvalue weighted by Crippen LogP contribution is -2.62. The first kappa shape index (κ1) is 21.2. The van der Waals surface area contributed by atoms with Gasteiger partial charge in [-0.1, -0.05) is 12.1 Å². The van der Waals surface area contributed by atoms with Crippen molar-refractivity contribution in [1.82, 2.24) is 24.9 Å². The van der Waals surface area contributed by atoms with Crippen molar-refractivity contribution >= 4 is 10.9 Å². The number of aromatic nitrogens is 4. The van der Waals surface area contributed by atoms with E-state index in [2.05, 4.69) is 39.3 Å². The summed E-state index contributed by atoms with van der Waals surface area (Å²) in [6, 6.07) is 4.44. The van der Waals surface area contributed by atoms with Gasteiger partial charge < -0.3 is 4.90 Å². The van der Waals surface area contributed by atoms with Crippen LogP contribution in [0.2, 0.25) is 0 Å². The van der Waals surface area contributed by atoms with Gasteiger partial charge in [-0.15, -0.1) is 0 Å². The van der Waals surface area contributed by atoms with E-state index in [9.17, 15) is 13.6 Å². The summed E-state index contributed by atoms with van der Waals surface area (Å²) >= 11 is 0. The van der Waals surface area contributed by atoms with Crippen molar-refractivity contribution in [2.45, 2.75) is 45.5 Å². The van der Waals surface area contributed by atoms with Gasteiger partial charge >= 0.3 is 0 Å². The fourth-order valence-corrected chi connectivity index (χ4v) is 6.04. The van der Waals surface area contributed by atoms with Crippen LogP contribution in [0.25, 0.3) is 10.9 Å². The smallest absolute Gasteiger partial charge is 0.273 e. The summed E-state index contributed by atoms with van der Waals surface area (Å²) < 4.78 is 28.2. The van der Waals surface area contributed by atoms with Crippen molar-refractivity contribution in [2.24, 2.45) is 18.4 Å². The van der Waals surface area contributed by atoms with Gasteiger partial charge in [0.2, 0.25) is 0 Å².